The second-order valence-corrected chi connectivity index (χ2v) is 14.5. The minimum atomic E-state index is -4.23. The van der Waals surface area contributed by atoms with Gasteiger partial charge in [0.15, 0.2) is 0 Å². The summed E-state index contributed by atoms with van der Waals surface area (Å²) in [5, 5.41) is 3.85. The number of sulfonamides is 1. The van der Waals surface area contributed by atoms with Gasteiger partial charge < -0.3 is 10.2 Å². The first kappa shape index (κ1) is 34.0. The van der Waals surface area contributed by atoms with Crippen LogP contribution in [0.5, 0.6) is 0 Å². The van der Waals surface area contributed by atoms with Crippen molar-refractivity contribution in [2.24, 2.45) is 0 Å². The number of halogens is 2. The van der Waals surface area contributed by atoms with E-state index < -0.39 is 34.1 Å². The average Bonchev–Trinajstić information content (AvgIpc) is 2.99. The van der Waals surface area contributed by atoms with Gasteiger partial charge in [-0.25, -0.2) is 8.42 Å². The highest BCUT2D eigenvalue weighted by molar-refractivity contribution is 7.92. The van der Waals surface area contributed by atoms with Crippen molar-refractivity contribution in [3.63, 3.8) is 0 Å². The van der Waals surface area contributed by atoms with E-state index in [0.29, 0.717) is 21.2 Å². The van der Waals surface area contributed by atoms with Gasteiger partial charge in [0.2, 0.25) is 11.8 Å². The molecular formula is C35H37Cl2N3O4S. The van der Waals surface area contributed by atoms with Crippen LogP contribution in [0, 0.1) is 6.92 Å². The van der Waals surface area contributed by atoms with Crippen LogP contribution in [-0.4, -0.2) is 43.3 Å². The smallest absolute Gasteiger partial charge is 0.264 e. The Balaban J connectivity index is 1.84. The van der Waals surface area contributed by atoms with Gasteiger partial charge in [0.05, 0.1) is 10.6 Å². The highest BCUT2D eigenvalue weighted by atomic mass is 35.5. The molecule has 0 unspecified atom stereocenters. The van der Waals surface area contributed by atoms with Crippen LogP contribution in [-0.2, 0) is 32.6 Å². The lowest BCUT2D eigenvalue weighted by atomic mass is 10.0. The van der Waals surface area contributed by atoms with E-state index in [1.807, 2.05) is 57.2 Å². The van der Waals surface area contributed by atoms with E-state index in [1.165, 1.54) is 17.0 Å². The Kier molecular flexibility index (Phi) is 11.0. The van der Waals surface area contributed by atoms with Crippen LogP contribution >= 0.6 is 23.2 Å². The highest BCUT2D eigenvalue weighted by Gasteiger charge is 2.36. The number of hydrogen-bond donors (Lipinski definition) is 1. The summed E-state index contributed by atoms with van der Waals surface area (Å²) in [4.78, 5) is 30.0. The molecular weight excluding hydrogens is 629 g/mol. The Morgan fingerprint density at radius 1 is 0.822 bits per heavy atom. The van der Waals surface area contributed by atoms with Gasteiger partial charge in [-0.3, -0.25) is 13.9 Å². The lowest BCUT2D eigenvalue weighted by Crippen LogP contribution is -2.56. The van der Waals surface area contributed by atoms with Gasteiger partial charge in [0.25, 0.3) is 10.0 Å². The fourth-order valence-corrected chi connectivity index (χ4v) is 6.81. The molecule has 7 nitrogen and oxygen atoms in total. The summed E-state index contributed by atoms with van der Waals surface area (Å²) in [5.41, 5.74) is 1.71. The maximum absolute atomic E-state index is 14.6. The predicted molar refractivity (Wildman–Crippen MR) is 181 cm³/mol. The first-order valence-electron chi connectivity index (χ1n) is 14.5. The van der Waals surface area contributed by atoms with Crippen LogP contribution in [0.1, 0.15) is 37.5 Å². The van der Waals surface area contributed by atoms with Crippen molar-refractivity contribution in [3.05, 3.63) is 130 Å². The van der Waals surface area contributed by atoms with Crippen molar-refractivity contribution >= 4 is 50.7 Å². The van der Waals surface area contributed by atoms with Gasteiger partial charge >= 0.3 is 0 Å². The number of carbonyl (C=O) groups is 2. The monoisotopic (exact) mass is 665 g/mol. The maximum atomic E-state index is 14.6. The molecule has 0 radical (unpaired) electrons. The first-order valence-corrected chi connectivity index (χ1v) is 16.7. The van der Waals surface area contributed by atoms with Crippen LogP contribution in [0.25, 0.3) is 0 Å². The third-order valence-electron chi connectivity index (χ3n) is 7.13. The van der Waals surface area contributed by atoms with E-state index in [9.17, 15) is 18.0 Å². The summed E-state index contributed by atoms with van der Waals surface area (Å²) in [5.74, 6) is -0.933. The minimum absolute atomic E-state index is 0.0161. The summed E-state index contributed by atoms with van der Waals surface area (Å²) >= 11 is 12.7. The summed E-state index contributed by atoms with van der Waals surface area (Å²) in [7, 11) is -4.23. The topological polar surface area (TPSA) is 86.8 Å². The number of hydrogen-bond acceptors (Lipinski definition) is 4. The van der Waals surface area contributed by atoms with E-state index in [2.05, 4.69) is 5.32 Å². The Labute approximate surface area is 275 Å². The predicted octanol–water partition coefficient (Wildman–Crippen LogP) is 7.05. The lowest BCUT2D eigenvalue weighted by Gasteiger charge is -2.35. The van der Waals surface area contributed by atoms with E-state index in [0.717, 1.165) is 9.87 Å². The van der Waals surface area contributed by atoms with Crippen molar-refractivity contribution in [2.45, 2.75) is 57.1 Å². The quantitative estimate of drug-likeness (QED) is 0.186. The number of amides is 2. The molecule has 1 N–H and O–H groups in total. The summed E-state index contributed by atoms with van der Waals surface area (Å²) in [6.07, 6.45) is 0.205. The fourth-order valence-electron chi connectivity index (χ4n) is 4.94. The third-order valence-corrected chi connectivity index (χ3v) is 9.55. The molecule has 2 amide bonds. The van der Waals surface area contributed by atoms with Crippen molar-refractivity contribution in [2.75, 3.05) is 10.8 Å². The Hall–Kier alpha value is -3.85. The van der Waals surface area contributed by atoms with E-state index in [4.69, 9.17) is 23.2 Å². The molecule has 4 aromatic carbocycles. The molecule has 236 valence electrons. The second-order valence-electron chi connectivity index (χ2n) is 11.8. The zero-order valence-electron chi connectivity index (χ0n) is 25.7. The maximum Gasteiger partial charge on any atom is 0.264 e. The van der Waals surface area contributed by atoms with Gasteiger partial charge in [0, 0.05) is 28.5 Å². The van der Waals surface area contributed by atoms with Crippen LogP contribution in [0.3, 0.4) is 0 Å². The summed E-state index contributed by atoms with van der Waals surface area (Å²) < 4.78 is 29.4. The van der Waals surface area contributed by atoms with Gasteiger partial charge in [-0.1, -0.05) is 89.9 Å². The number of benzene rings is 4. The Morgan fingerprint density at radius 2 is 1.42 bits per heavy atom. The molecule has 0 saturated carbocycles. The average molecular weight is 667 g/mol. The molecule has 45 heavy (non-hydrogen) atoms. The molecule has 0 aliphatic heterocycles. The van der Waals surface area contributed by atoms with Gasteiger partial charge in [-0.2, -0.15) is 0 Å². The van der Waals surface area contributed by atoms with Gasteiger partial charge in [-0.05, 0) is 80.8 Å². The molecule has 0 heterocycles. The molecule has 0 fully saturated rings. The number of rotatable bonds is 11. The van der Waals surface area contributed by atoms with Crippen molar-refractivity contribution in [1.82, 2.24) is 10.2 Å². The van der Waals surface area contributed by atoms with Crippen LogP contribution in [0.2, 0.25) is 10.0 Å². The molecule has 10 heteroatoms. The normalized spacial score (nSPS) is 12.3. The molecule has 1 atom stereocenters. The Morgan fingerprint density at radius 3 is 2.04 bits per heavy atom. The van der Waals surface area contributed by atoms with Crippen molar-refractivity contribution in [3.8, 4) is 0 Å². The highest BCUT2D eigenvalue weighted by Crippen LogP contribution is 2.31. The van der Waals surface area contributed by atoms with Gasteiger partial charge in [-0.15, -0.1) is 0 Å². The number of carbonyl (C=O) groups excluding carboxylic acids is 2. The molecule has 4 aromatic rings. The lowest BCUT2D eigenvalue weighted by molar-refractivity contribution is -0.140. The summed E-state index contributed by atoms with van der Waals surface area (Å²) in [6, 6.07) is 28.3. The number of nitrogens with zero attached hydrogens (tertiary/aromatic N) is 2. The SMILES string of the molecule is Cc1c(Cl)cccc1N(CC(=O)N(Cc1cccc(Cl)c1)[C@@H](Cc1ccccc1)C(=O)NC(C)(C)C)S(=O)(=O)c1ccccc1. The Bertz CT molecular complexity index is 1740. The zero-order chi connectivity index (χ0) is 32.8. The van der Waals surface area contributed by atoms with E-state index >= 15 is 0 Å². The number of nitrogens with one attached hydrogen (secondary N) is 1. The first-order chi connectivity index (χ1) is 21.3. The van der Waals surface area contributed by atoms with Crippen LogP contribution < -0.4 is 9.62 Å². The largest absolute Gasteiger partial charge is 0.350 e. The fraction of sp³-hybridized carbons (Fsp3) is 0.257. The van der Waals surface area contributed by atoms with Crippen molar-refractivity contribution in [1.29, 1.82) is 0 Å². The van der Waals surface area contributed by atoms with E-state index in [1.54, 1.807) is 61.5 Å². The van der Waals surface area contributed by atoms with E-state index in [-0.39, 0.29) is 29.5 Å². The van der Waals surface area contributed by atoms with Gasteiger partial charge in [0.1, 0.15) is 12.6 Å². The molecule has 0 bridgehead atoms. The van der Waals surface area contributed by atoms with Crippen LogP contribution in [0.15, 0.2) is 108 Å². The molecule has 0 aliphatic rings. The zero-order valence-corrected chi connectivity index (χ0v) is 28.0. The van der Waals surface area contributed by atoms with Crippen molar-refractivity contribution < 1.29 is 18.0 Å². The molecule has 0 spiro atoms. The third kappa shape index (κ3) is 8.87. The second kappa shape index (κ2) is 14.5. The molecule has 4 rings (SSSR count). The molecule has 0 aromatic heterocycles. The molecule has 0 saturated heterocycles. The molecule has 0 aliphatic carbocycles. The summed E-state index contributed by atoms with van der Waals surface area (Å²) in [6.45, 7) is 6.74. The van der Waals surface area contributed by atoms with Crippen LogP contribution in [0.4, 0.5) is 5.69 Å². The minimum Gasteiger partial charge on any atom is -0.350 e. The standard InChI is InChI=1S/C35H37Cl2N3O4S/c1-25-30(37)19-12-20-31(25)40(45(43,44)29-17-9-6-10-18-29)24-33(41)39(23-27-15-11-16-28(36)21-27)32(34(42)38-35(2,3)4)22-26-13-7-5-8-14-26/h5-21,32H,22-24H2,1-4H3,(H,38,42)/t32-/m0/s1. The number of anilines is 1.